The molecule has 118 valence electrons. The van der Waals surface area contributed by atoms with Gasteiger partial charge in [0.25, 0.3) is 0 Å². The van der Waals surface area contributed by atoms with E-state index in [4.69, 9.17) is 23.2 Å². The lowest BCUT2D eigenvalue weighted by molar-refractivity contribution is 0.112. The van der Waals surface area contributed by atoms with Gasteiger partial charge in [0.2, 0.25) is 10.0 Å². The van der Waals surface area contributed by atoms with Crippen molar-refractivity contribution in [2.24, 2.45) is 0 Å². The highest BCUT2D eigenvalue weighted by Crippen LogP contribution is 2.31. The van der Waals surface area contributed by atoms with Crippen LogP contribution in [0.4, 0.5) is 0 Å². The Morgan fingerprint density at radius 2 is 1.76 bits per heavy atom. The quantitative estimate of drug-likeness (QED) is 0.707. The molecule has 0 saturated carbocycles. The summed E-state index contributed by atoms with van der Waals surface area (Å²) in [4.78, 5) is 12.8. The van der Waals surface area contributed by atoms with Crippen molar-refractivity contribution in [1.29, 1.82) is 0 Å². The summed E-state index contributed by atoms with van der Waals surface area (Å²) in [6.07, 6.45) is 1.14. The molecule has 0 aliphatic rings. The summed E-state index contributed by atoms with van der Waals surface area (Å²) in [7, 11) is 1.57. The first-order valence-corrected chi connectivity index (χ1v) is 8.45. The molecule has 8 heteroatoms. The lowest BCUT2D eigenvalue weighted by Crippen LogP contribution is -2.30. The van der Waals surface area contributed by atoms with Crippen molar-refractivity contribution in [2.45, 2.75) is 11.3 Å². The van der Waals surface area contributed by atoms with Crippen LogP contribution in [-0.2, 0) is 10.0 Å². The average molecular weight is 353 g/mol. The number of nitrogens with zero attached hydrogens (tertiary/aromatic N) is 2. The fourth-order valence-electron chi connectivity index (χ4n) is 1.75. The summed E-state index contributed by atoms with van der Waals surface area (Å²) >= 11 is 11.8. The van der Waals surface area contributed by atoms with Crippen LogP contribution in [0.25, 0.3) is 0 Å². The van der Waals surface area contributed by atoms with Gasteiger partial charge in [-0.3, -0.25) is 4.79 Å². The maximum atomic E-state index is 12.5. The molecule has 0 heterocycles. The van der Waals surface area contributed by atoms with Crippen molar-refractivity contribution in [3.63, 3.8) is 0 Å². The average Bonchev–Trinajstić information content (AvgIpc) is 2.38. The first-order chi connectivity index (χ1) is 9.71. The Labute approximate surface area is 135 Å². The Morgan fingerprint density at radius 3 is 2.29 bits per heavy atom. The molecule has 0 fully saturated rings. The molecule has 0 spiro atoms. The minimum atomic E-state index is -3.75. The number of hydrogen-bond acceptors (Lipinski definition) is 4. The van der Waals surface area contributed by atoms with E-state index >= 15 is 0 Å². The van der Waals surface area contributed by atoms with Crippen LogP contribution in [0.1, 0.15) is 16.8 Å². The Kier molecular flexibility index (Phi) is 6.62. The molecule has 1 aromatic rings. The Morgan fingerprint density at radius 1 is 1.14 bits per heavy atom. The van der Waals surface area contributed by atoms with E-state index in [-0.39, 0.29) is 20.5 Å². The van der Waals surface area contributed by atoms with Gasteiger partial charge in [-0.25, -0.2) is 12.7 Å². The van der Waals surface area contributed by atoms with E-state index in [1.54, 1.807) is 0 Å². The molecule has 0 amide bonds. The SMILES string of the molecule is CN(C)CCCN(C)S(=O)(=O)c1ccc(Cl)c(C=O)c1Cl. The molecule has 0 aromatic heterocycles. The monoisotopic (exact) mass is 352 g/mol. The van der Waals surface area contributed by atoms with E-state index in [9.17, 15) is 13.2 Å². The first kappa shape index (κ1) is 18.4. The van der Waals surface area contributed by atoms with Gasteiger partial charge in [0.05, 0.1) is 15.6 Å². The zero-order valence-electron chi connectivity index (χ0n) is 12.1. The molecule has 0 N–H and O–H groups in total. The third kappa shape index (κ3) is 4.40. The van der Waals surface area contributed by atoms with Gasteiger partial charge in [-0.05, 0) is 39.2 Å². The molecule has 0 saturated heterocycles. The second kappa shape index (κ2) is 7.56. The lowest BCUT2D eigenvalue weighted by Gasteiger charge is -2.19. The van der Waals surface area contributed by atoms with Crippen molar-refractivity contribution >= 4 is 39.5 Å². The van der Waals surface area contributed by atoms with Gasteiger partial charge in [0.15, 0.2) is 6.29 Å². The number of sulfonamides is 1. The Hall–Kier alpha value is -0.660. The van der Waals surface area contributed by atoms with Crippen LogP contribution in [0.3, 0.4) is 0 Å². The van der Waals surface area contributed by atoms with Crippen molar-refractivity contribution < 1.29 is 13.2 Å². The van der Waals surface area contributed by atoms with Crippen molar-refractivity contribution in [3.8, 4) is 0 Å². The fraction of sp³-hybridized carbons (Fsp3) is 0.462. The van der Waals surface area contributed by atoms with Gasteiger partial charge in [0.1, 0.15) is 4.90 Å². The second-order valence-electron chi connectivity index (χ2n) is 4.87. The van der Waals surface area contributed by atoms with E-state index in [2.05, 4.69) is 0 Å². The Balaban J connectivity index is 3.05. The molecule has 0 aliphatic heterocycles. The standard InChI is InChI=1S/C13H18Cl2N2O3S/c1-16(2)7-4-8-17(3)21(19,20)12-6-5-11(14)10(9-18)13(12)15/h5-6,9H,4,7-8H2,1-3H3. The van der Waals surface area contributed by atoms with Crippen molar-refractivity contribution in [2.75, 3.05) is 34.2 Å². The molecule has 0 radical (unpaired) electrons. The van der Waals surface area contributed by atoms with E-state index in [1.807, 2.05) is 19.0 Å². The van der Waals surface area contributed by atoms with Crippen LogP contribution < -0.4 is 0 Å². The van der Waals surface area contributed by atoms with Crippen molar-refractivity contribution in [3.05, 3.63) is 27.7 Å². The van der Waals surface area contributed by atoms with Crippen LogP contribution in [-0.4, -0.2) is 58.1 Å². The number of aldehydes is 1. The summed E-state index contributed by atoms with van der Waals surface area (Å²) in [6.45, 7) is 1.13. The Bertz CT molecular complexity index is 618. The fourth-order valence-corrected chi connectivity index (χ4v) is 3.79. The molecule has 0 bridgehead atoms. The smallest absolute Gasteiger partial charge is 0.244 e. The van der Waals surface area contributed by atoms with Crippen LogP contribution in [0.15, 0.2) is 17.0 Å². The molecular formula is C13H18Cl2N2O3S. The van der Waals surface area contributed by atoms with Gasteiger partial charge < -0.3 is 4.90 Å². The van der Waals surface area contributed by atoms with Crippen LogP contribution in [0, 0.1) is 0 Å². The van der Waals surface area contributed by atoms with E-state index in [1.165, 1.54) is 23.5 Å². The highest BCUT2D eigenvalue weighted by Gasteiger charge is 2.25. The molecule has 1 aromatic carbocycles. The third-order valence-corrected chi connectivity index (χ3v) is 5.72. The molecule has 1 rings (SSSR count). The van der Waals surface area contributed by atoms with Gasteiger partial charge >= 0.3 is 0 Å². The summed E-state index contributed by atoms with van der Waals surface area (Å²) in [5.41, 5.74) is -0.0129. The molecular weight excluding hydrogens is 335 g/mol. The minimum absolute atomic E-state index is 0.0129. The van der Waals surface area contributed by atoms with Crippen molar-refractivity contribution in [1.82, 2.24) is 9.21 Å². The first-order valence-electron chi connectivity index (χ1n) is 6.26. The summed E-state index contributed by atoms with van der Waals surface area (Å²) in [5, 5.41) is -0.0128. The minimum Gasteiger partial charge on any atom is -0.309 e. The molecule has 0 atom stereocenters. The maximum Gasteiger partial charge on any atom is 0.244 e. The number of halogens is 2. The van der Waals surface area contributed by atoms with Crippen LogP contribution in [0.5, 0.6) is 0 Å². The summed E-state index contributed by atoms with van der Waals surface area (Å²) in [5.74, 6) is 0. The molecule has 21 heavy (non-hydrogen) atoms. The van der Waals surface area contributed by atoms with E-state index in [0.29, 0.717) is 19.3 Å². The zero-order chi connectivity index (χ0) is 16.2. The third-order valence-electron chi connectivity index (χ3n) is 2.98. The predicted octanol–water partition coefficient (Wildman–Crippen LogP) is 2.38. The number of hydrogen-bond donors (Lipinski definition) is 0. The molecule has 0 aliphatic carbocycles. The maximum absolute atomic E-state index is 12.5. The summed E-state index contributed by atoms with van der Waals surface area (Å²) < 4.78 is 26.2. The number of benzene rings is 1. The lowest BCUT2D eigenvalue weighted by atomic mass is 10.2. The van der Waals surface area contributed by atoms with Crippen LogP contribution >= 0.6 is 23.2 Å². The highest BCUT2D eigenvalue weighted by molar-refractivity contribution is 7.89. The number of carbonyl (C=O) groups is 1. The highest BCUT2D eigenvalue weighted by atomic mass is 35.5. The van der Waals surface area contributed by atoms with Gasteiger partial charge in [-0.2, -0.15) is 0 Å². The second-order valence-corrected chi connectivity index (χ2v) is 7.67. The molecule has 0 unspecified atom stereocenters. The van der Waals surface area contributed by atoms with Crippen LogP contribution in [0.2, 0.25) is 10.0 Å². The topological polar surface area (TPSA) is 57.7 Å². The van der Waals surface area contributed by atoms with Gasteiger partial charge in [-0.15, -0.1) is 0 Å². The number of rotatable bonds is 7. The van der Waals surface area contributed by atoms with Gasteiger partial charge in [-0.1, -0.05) is 23.2 Å². The van der Waals surface area contributed by atoms with E-state index < -0.39 is 10.0 Å². The predicted molar refractivity (Wildman–Crippen MR) is 84.8 cm³/mol. The largest absolute Gasteiger partial charge is 0.309 e. The molecule has 5 nitrogen and oxygen atoms in total. The normalized spacial score (nSPS) is 12.1. The number of carbonyl (C=O) groups excluding carboxylic acids is 1. The zero-order valence-corrected chi connectivity index (χ0v) is 14.5. The summed E-state index contributed by atoms with van der Waals surface area (Å²) in [6, 6.07) is 2.67. The van der Waals surface area contributed by atoms with Gasteiger partial charge in [0, 0.05) is 13.6 Å². The van der Waals surface area contributed by atoms with E-state index in [0.717, 1.165) is 6.54 Å².